The van der Waals surface area contributed by atoms with E-state index in [1.807, 2.05) is 6.92 Å². The molecule has 1 aliphatic heterocycles. The van der Waals surface area contributed by atoms with E-state index in [0.29, 0.717) is 5.92 Å². The van der Waals surface area contributed by atoms with Crippen LogP contribution in [0.25, 0.3) is 0 Å². The Morgan fingerprint density at radius 1 is 1.33 bits per heavy atom. The van der Waals surface area contributed by atoms with E-state index in [1.165, 1.54) is 12.0 Å². The molecule has 2 aliphatic carbocycles. The van der Waals surface area contributed by atoms with E-state index in [-0.39, 0.29) is 11.2 Å². The largest absolute Gasteiger partial charge is 0.348 e. The first-order valence-electron chi connectivity index (χ1n) is 7.03. The molecule has 1 spiro atoms. The molecule has 0 bridgehead atoms. The van der Waals surface area contributed by atoms with Gasteiger partial charge in [-0.25, -0.2) is 0 Å². The van der Waals surface area contributed by atoms with Crippen molar-refractivity contribution >= 4 is 6.29 Å². The van der Waals surface area contributed by atoms with Crippen LogP contribution in [0.5, 0.6) is 0 Å². The highest BCUT2D eigenvalue weighted by molar-refractivity contribution is 5.74. The topological polar surface area (TPSA) is 35.5 Å². The molecule has 0 aromatic carbocycles. The molecule has 0 aromatic heterocycles. The first-order chi connectivity index (χ1) is 8.60. The van der Waals surface area contributed by atoms with E-state index in [0.717, 1.165) is 50.8 Å². The fraction of sp³-hybridized carbons (Fsp3) is 0.800. The number of rotatable bonds is 1. The van der Waals surface area contributed by atoms with Crippen molar-refractivity contribution in [3.63, 3.8) is 0 Å². The van der Waals surface area contributed by atoms with Crippen LogP contribution in [-0.4, -0.2) is 25.3 Å². The van der Waals surface area contributed by atoms with Gasteiger partial charge in [0.15, 0.2) is 5.79 Å². The van der Waals surface area contributed by atoms with Crippen molar-refractivity contribution in [3.8, 4) is 0 Å². The molecule has 0 aromatic rings. The third-order valence-electron chi connectivity index (χ3n) is 5.38. The van der Waals surface area contributed by atoms with Gasteiger partial charge in [-0.2, -0.15) is 0 Å². The molecule has 3 rings (SSSR count). The SMILES string of the molecule is C/C(C=O)=C1\CC[C@H]2CC3(CC[C@]12C)OCCO3. The van der Waals surface area contributed by atoms with Crippen LogP contribution in [0.15, 0.2) is 11.1 Å². The van der Waals surface area contributed by atoms with Crippen molar-refractivity contribution in [1.29, 1.82) is 0 Å². The second-order valence-electron chi connectivity index (χ2n) is 6.24. The molecule has 3 fully saturated rings. The minimum absolute atomic E-state index is 0.200. The van der Waals surface area contributed by atoms with E-state index in [1.54, 1.807) is 0 Å². The van der Waals surface area contributed by atoms with Crippen LogP contribution in [0.1, 0.15) is 46.0 Å². The Morgan fingerprint density at radius 2 is 2.06 bits per heavy atom. The molecular weight excluding hydrogens is 228 g/mol. The molecule has 100 valence electrons. The molecule has 1 heterocycles. The van der Waals surface area contributed by atoms with Crippen molar-refractivity contribution in [2.24, 2.45) is 11.3 Å². The van der Waals surface area contributed by atoms with Gasteiger partial charge >= 0.3 is 0 Å². The number of ether oxygens (including phenoxy) is 2. The average Bonchev–Trinajstić information content (AvgIpc) is 2.95. The van der Waals surface area contributed by atoms with Gasteiger partial charge in [-0.1, -0.05) is 12.5 Å². The van der Waals surface area contributed by atoms with E-state index in [9.17, 15) is 4.79 Å². The first-order valence-corrected chi connectivity index (χ1v) is 7.03. The van der Waals surface area contributed by atoms with Crippen LogP contribution >= 0.6 is 0 Å². The Morgan fingerprint density at radius 3 is 2.72 bits per heavy atom. The second-order valence-corrected chi connectivity index (χ2v) is 6.24. The highest BCUT2D eigenvalue weighted by atomic mass is 16.7. The molecule has 3 nitrogen and oxygen atoms in total. The van der Waals surface area contributed by atoms with Crippen molar-refractivity contribution in [3.05, 3.63) is 11.1 Å². The van der Waals surface area contributed by atoms with Crippen molar-refractivity contribution < 1.29 is 14.3 Å². The molecule has 0 radical (unpaired) electrons. The number of carbonyl (C=O) groups is 1. The zero-order valence-electron chi connectivity index (χ0n) is 11.3. The normalized spacial score (nSPS) is 40.9. The van der Waals surface area contributed by atoms with Gasteiger partial charge in [-0.3, -0.25) is 4.79 Å². The third-order valence-corrected chi connectivity index (χ3v) is 5.38. The van der Waals surface area contributed by atoms with Gasteiger partial charge in [-0.15, -0.1) is 0 Å². The highest BCUT2D eigenvalue weighted by Gasteiger charge is 2.53. The summed E-state index contributed by atoms with van der Waals surface area (Å²) in [4.78, 5) is 11.1. The van der Waals surface area contributed by atoms with Gasteiger partial charge in [0.2, 0.25) is 0 Å². The summed E-state index contributed by atoms with van der Waals surface area (Å²) >= 11 is 0. The quantitative estimate of drug-likeness (QED) is 0.530. The van der Waals surface area contributed by atoms with E-state index in [2.05, 4.69) is 6.92 Å². The van der Waals surface area contributed by atoms with Gasteiger partial charge in [0.1, 0.15) is 6.29 Å². The molecule has 0 N–H and O–H groups in total. The average molecular weight is 250 g/mol. The van der Waals surface area contributed by atoms with Crippen molar-refractivity contribution in [2.75, 3.05) is 13.2 Å². The number of fused-ring (bicyclic) bond motifs is 1. The molecule has 2 saturated carbocycles. The maximum absolute atomic E-state index is 11.1. The zero-order valence-corrected chi connectivity index (χ0v) is 11.3. The van der Waals surface area contributed by atoms with E-state index >= 15 is 0 Å². The zero-order chi connectivity index (χ0) is 12.8. The van der Waals surface area contributed by atoms with Crippen LogP contribution in [0.3, 0.4) is 0 Å². The molecule has 3 aliphatic rings. The molecule has 1 saturated heterocycles. The third kappa shape index (κ3) is 1.68. The minimum Gasteiger partial charge on any atom is -0.348 e. The van der Waals surface area contributed by atoms with Crippen LogP contribution < -0.4 is 0 Å². The fourth-order valence-corrected chi connectivity index (χ4v) is 4.26. The van der Waals surface area contributed by atoms with Crippen molar-refractivity contribution in [1.82, 2.24) is 0 Å². The summed E-state index contributed by atoms with van der Waals surface area (Å²) in [5, 5.41) is 0. The van der Waals surface area contributed by atoms with Gasteiger partial charge in [0.25, 0.3) is 0 Å². The van der Waals surface area contributed by atoms with Crippen LogP contribution in [0, 0.1) is 11.3 Å². The molecule has 0 unspecified atom stereocenters. The Balaban J connectivity index is 1.87. The highest BCUT2D eigenvalue weighted by Crippen LogP contribution is 2.59. The standard InChI is InChI=1S/C15H22O3/c1-11(10-16)13-4-3-12-9-15(17-7-8-18-15)6-5-14(12,13)2/h10,12H,3-9H2,1-2H3/b13-11-/t12-,14-/m0/s1. The monoisotopic (exact) mass is 250 g/mol. The molecular formula is C15H22O3. The lowest BCUT2D eigenvalue weighted by Crippen LogP contribution is -2.43. The Bertz CT molecular complexity index is 393. The summed E-state index contributed by atoms with van der Waals surface area (Å²) in [6.45, 7) is 5.76. The lowest BCUT2D eigenvalue weighted by Gasteiger charge is -2.45. The minimum atomic E-state index is -0.297. The predicted molar refractivity (Wildman–Crippen MR) is 68.1 cm³/mol. The number of hydrogen-bond donors (Lipinski definition) is 0. The lowest BCUT2D eigenvalue weighted by atomic mass is 9.65. The second kappa shape index (κ2) is 4.17. The Labute approximate surface area is 109 Å². The van der Waals surface area contributed by atoms with Crippen LogP contribution in [-0.2, 0) is 14.3 Å². The van der Waals surface area contributed by atoms with Crippen LogP contribution in [0.2, 0.25) is 0 Å². The summed E-state index contributed by atoms with van der Waals surface area (Å²) in [6.07, 6.45) is 6.32. The summed E-state index contributed by atoms with van der Waals surface area (Å²) in [6, 6.07) is 0. The number of allylic oxidation sites excluding steroid dienone is 2. The summed E-state index contributed by atoms with van der Waals surface area (Å²) < 4.78 is 11.7. The Hall–Kier alpha value is -0.670. The van der Waals surface area contributed by atoms with Gasteiger partial charge in [-0.05, 0) is 43.1 Å². The van der Waals surface area contributed by atoms with Gasteiger partial charge in [0.05, 0.1) is 13.2 Å². The summed E-state index contributed by atoms with van der Waals surface area (Å²) in [5.74, 6) is 0.309. The fourth-order valence-electron chi connectivity index (χ4n) is 4.26. The molecule has 18 heavy (non-hydrogen) atoms. The number of carbonyl (C=O) groups excluding carboxylic acids is 1. The summed E-state index contributed by atoms with van der Waals surface area (Å²) in [5.41, 5.74) is 2.53. The van der Waals surface area contributed by atoms with Crippen molar-refractivity contribution in [2.45, 2.75) is 51.7 Å². The lowest BCUT2D eigenvalue weighted by molar-refractivity contribution is -0.199. The van der Waals surface area contributed by atoms with Gasteiger partial charge < -0.3 is 9.47 Å². The van der Waals surface area contributed by atoms with Crippen LogP contribution in [0.4, 0.5) is 0 Å². The maximum Gasteiger partial charge on any atom is 0.168 e. The molecule has 3 heteroatoms. The molecule has 2 atom stereocenters. The number of aldehydes is 1. The predicted octanol–water partition coefficient (Wildman–Crippen LogP) is 2.85. The Kier molecular flexibility index (Phi) is 2.87. The molecule has 0 amide bonds. The van der Waals surface area contributed by atoms with E-state index < -0.39 is 0 Å². The number of hydrogen-bond acceptors (Lipinski definition) is 3. The first kappa shape index (κ1) is 12.4. The maximum atomic E-state index is 11.1. The van der Waals surface area contributed by atoms with E-state index in [4.69, 9.17) is 9.47 Å². The van der Waals surface area contributed by atoms with Gasteiger partial charge in [0, 0.05) is 12.8 Å². The smallest absolute Gasteiger partial charge is 0.168 e. The summed E-state index contributed by atoms with van der Waals surface area (Å²) in [7, 11) is 0.